The molecule has 0 aliphatic carbocycles. The Morgan fingerprint density at radius 1 is 1.32 bits per heavy atom. The predicted octanol–water partition coefficient (Wildman–Crippen LogP) is 4.85. The highest BCUT2D eigenvalue weighted by atomic mass is 32.2. The summed E-state index contributed by atoms with van der Waals surface area (Å²) in [4.78, 5) is 3.86. The molecule has 0 fully saturated rings. The molecule has 1 aromatic rings. The molecule has 4 heteroatoms. The van der Waals surface area contributed by atoms with E-state index >= 15 is 0 Å². The average molecular weight is 297 g/mol. The van der Waals surface area contributed by atoms with Gasteiger partial charge >= 0.3 is 0 Å². The van der Waals surface area contributed by atoms with Gasteiger partial charge in [0, 0.05) is 10.4 Å². The number of para-hydroxylation sites is 1. The molecule has 2 N–H and O–H groups in total. The average Bonchev–Trinajstić information content (AvgIpc) is 2.78. The Morgan fingerprint density at radius 2 is 2.05 bits per heavy atom. The van der Waals surface area contributed by atoms with E-state index in [-0.39, 0.29) is 5.54 Å². The molecule has 0 radical (unpaired) electrons. The molecular weight excluding hydrogens is 272 g/mol. The zero-order valence-corrected chi connectivity index (χ0v) is 13.7. The molecule has 1 aromatic carbocycles. The number of thioether (sulfide) groups is 1. The number of unbranched alkanes of at least 4 members (excludes halogenated alkanes) is 2. The smallest absolute Gasteiger partial charge is 0.141 e. The van der Waals surface area contributed by atoms with E-state index in [1.54, 1.807) is 0 Å². The van der Waals surface area contributed by atoms with Gasteiger partial charge in [-0.3, -0.25) is 5.14 Å². The topological polar surface area (TPSA) is 29.3 Å². The third-order valence-electron chi connectivity index (χ3n) is 3.72. The molecule has 0 saturated heterocycles. The van der Waals surface area contributed by atoms with Crippen molar-refractivity contribution in [1.29, 1.82) is 0 Å². The lowest BCUT2D eigenvalue weighted by atomic mass is 9.94. The van der Waals surface area contributed by atoms with Gasteiger partial charge in [0.25, 0.3) is 0 Å². The lowest BCUT2D eigenvalue weighted by Crippen LogP contribution is -2.46. The lowest BCUT2D eigenvalue weighted by Gasteiger charge is -2.41. The maximum Gasteiger partial charge on any atom is 0.141 e. The quantitative estimate of drug-likeness (QED) is 0.600. The number of nitrogens with two attached hydrogens (primary N) is 1. The van der Waals surface area contributed by atoms with Gasteiger partial charge in [-0.2, -0.15) is 0 Å². The number of rotatable bonds is 6. The highest BCUT2D eigenvalue weighted by Crippen LogP contribution is 2.50. The molecular formula is C15H24N2S2. The molecule has 0 bridgehead atoms. The second-order valence-corrected chi connectivity index (χ2v) is 7.81. The first-order valence-electron chi connectivity index (χ1n) is 7.00. The number of benzene rings is 1. The number of anilines is 1. The van der Waals surface area contributed by atoms with Crippen LogP contribution in [0.5, 0.6) is 0 Å². The maximum absolute atomic E-state index is 5.91. The summed E-state index contributed by atoms with van der Waals surface area (Å²) in [6.45, 7) is 6.94. The Labute approximate surface area is 125 Å². The van der Waals surface area contributed by atoms with E-state index < -0.39 is 0 Å². The van der Waals surface area contributed by atoms with Gasteiger partial charge in [-0.25, -0.2) is 0 Å². The van der Waals surface area contributed by atoms with Crippen molar-refractivity contribution in [3.63, 3.8) is 0 Å². The van der Waals surface area contributed by atoms with Crippen molar-refractivity contribution >= 4 is 29.4 Å². The molecule has 1 aliphatic rings. The summed E-state index contributed by atoms with van der Waals surface area (Å²) in [5, 5.41) is 5.91. The minimum atomic E-state index is 0.159. The van der Waals surface area contributed by atoms with Crippen molar-refractivity contribution in [1.82, 2.24) is 0 Å². The zero-order valence-electron chi connectivity index (χ0n) is 12.1. The van der Waals surface area contributed by atoms with Crippen LogP contribution >= 0.6 is 23.7 Å². The Hall–Kier alpha value is -0.320. The van der Waals surface area contributed by atoms with Gasteiger partial charge < -0.3 is 4.90 Å². The normalized spacial score (nSPS) is 18.7. The Kier molecular flexibility index (Phi) is 5.09. The summed E-state index contributed by atoms with van der Waals surface area (Å²) < 4.78 is 0.300. The minimum absolute atomic E-state index is 0.159. The second kappa shape index (κ2) is 6.42. The Balaban J connectivity index is 2.20. The fourth-order valence-corrected chi connectivity index (χ4v) is 4.88. The van der Waals surface area contributed by atoms with Crippen LogP contribution < -0.4 is 10.0 Å². The van der Waals surface area contributed by atoms with Crippen LogP contribution in [0.1, 0.15) is 46.5 Å². The first kappa shape index (κ1) is 15.1. The van der Waals surface area contributed by atoms with Gasteiger partial charge in [0.05, 0.1) is 5.69 Å². The van der Waals surface area contributed by atoms with Crippen LogP contribution in [0.3, 0.4) is 0 Å². The number of hydrogen-bond donors (Lipinski definition) is 1. The molecule has 0 spiro atoms. The highest BCUT2D eigenvalue weighted by Gasteiger charge is 2.38. The van der Waals surface area contributed by atoms with Crippen LogP contribution in [0.4, 0.5) is 5.69 Å². The summed E-state index contributed by atoms with van der Waals surface area (Å²) in [6, 6.07) is 8.65. The lowest BCUT2D eigenvalue weighted by molar-refractivity contribution is 0.419. The van der Waals surface area contributed by atoms with E-state index in [0.29, 0.717) is 4.71 Å². The van der Waals surface area contributed by atoms with Crippen molar-refractivity contribution in [2.24, 2.45) is 5.14 Å². The summed E-state index contributed by atoms with van der Waals surface area (Å²) >= 11 is 3.33. The van der Waals surface area contributed by atoms with Crippen LogP contribution in [-0.4, -0.2) is 10.2 Å². The van der Waals surface area contributed by atoms with E-state index in [2.05, 4.69) is 49.9 Å². The van der Waals surface area contributed by atoms with Gasteiger partial charge in [0.2, 0.25) is 0 Å². The summed E-state index contributed by atoms with van der Waals surface area (Å²) in [7, 11) is 0. The van der Waals surface area contributed by atoms with Crippen LogP contribution in [-0.2, 0) is 0 Å². The van der Waals surface area contributed by atoms with Crippen LogP contribution in [0.2, 0.25) is 0 Å². The molecule has 1 unspecified atom stereocenters. The molecule has 0 amide bonds. The number of fused-ring (bicyclic) bond motifs is 1. The van der Waals surface area contributed by atoms with Gasteiger partial charge in [-0.05, 0) is 44.3 Å². The van der Waals surface area contributed by atoms with Gasteiger partial charge in [0.15, 0.2) is 0 Å². The molecule has 0 aromatic heterocycles. The Morgan fingerprint density at radius 3 is 2.74 bits per heavy atom. The molecule has 2 nitrogen and oxygen atoms in total. The van der Waals surface area contributed by atoms with Gasteiger partial charge in [0.1, 0.15) is 4.71 Å². The van der Waals surface area contributed by atoms with E-state index in [9.17, 15) is 0 Å². The van der Waals surface area contributed by atoms with E-state index in [0.717, 1.165) is 0 Å². The second-order valence-electron chi connectivity index (χ2n) is 5.67. The van der Waals surface area contributed by atoms with E-state index in [1.165, 1.54) is 48.2 Å². The first-order chi connectivity index (χ1) is 9.10. The molecule has 2 rings (SSSR count). The molecule has 19 heavy (non-hydrogen) atoms. The van der Waals surface area contributed by atoms with Crippen LogP contribution in [0, 0.1) is 0 Å². The van der Waals surface area contributed by atoms with Crippen LogP contribution in [0.15, 0.2) is 29.2 Å². The zero-order chi connectivity index (χ0) is 13.9. The third kappa shape index (κ3) is 3.23. The van der Waals surface area contributed by atoms with Crippen molar-refractivity contribution in [3.05, 3.63) is 24.3 Å². The predicted molar refractivity (Wildman–Crippen MR) is 88.6 cm³/mol. The first-order valence-corrected chi connectivity index (χ1v) is 8.83. The molecule has 1 atom stereocenters. The largest absolute Gasteiger partial charge is 0.343 e. The number of nitrogens with zero attached hydrogens (tertiary/aromatic N) is 1. The van der Waals surface area contributed by atoms with Crippen molar-refractivity contribution in [2.75, 3.05) is 4.90 Å². The monoisotopic (exact) mass is 296 g/mol. The molecule has 0 saturated carbocycles. The van der Waals surface area contributed by atoms with Crippen LogP contribution in [0.25, 0.3) is 0 Å². The minimum Gasteiger partial charge on any atom is -0.343 e. The summed E-state index contributed by atoms with van der Waals surface area (Å²) in [5.74, 6) is 0. The third-order valence-corrected chi connectivity index (χ3v) is 5.80. The summed E-state index contributed by atoms with van der Waals surface area (Å²) in [6.07, 6.45) is 5.09. The summed E-state index contributed by atoms with van der Waals surface area (Å²) in [5.41, 5.74) is 1.50. The fraction of sp³-hybridized carbons (Fsp3) is 0.600. The Bertz CT molecular complexity index is 420. The van der Waals surface area contributed by atoms with Gasteiger partial charge in [-0.15, -0.1) is 0 Å². The van der Waals surface area contributed by atoms with E-state index in [1.807, 2.05) is 11.8 Å². The molecule has 1 heterocycles. The molecule has 1 aliphatic heterocycles. The van der Waals surface area contributed by atoms with Crippen molar-refractivity contribution in [2.45, 2.75) is 61.6 Å². The number of hydrogen-bond acceptors (Lipinski definition) is 4. The van der Waals surface area contributed by atoms with Crippen molar-refractivity contribution in [3.8, 4) is 0 Å². The van der Waals surface area contributed by atoms with E-state index in [4.69, 9.17) is 5.14 Å². The standard InChI is InChI=1S/C15H24N2S2/c1-4-5-8-11-15(2,3)17-12-9-6-7-10-13(12)18-14(17)19-16/h6-7,9-10,14H,4-5,8,11,16H2,1-3H3. The SMILES string of the molecule is CCCCCC(C)(C)N1c2ccccc2SC1SN. The highest BCUT2D eigenvalue weighted by molar-refractivity contribution is 8.16. The maximum atomic E-state index is 5.91. The van der Waals surface area contributed by atoms with Gasteiger partial charge in [-0.1, -0.05) is 50.1 Å². The fourth-order valence-electron chi connectivity index (χ4n) is 2.66. The molecule has 106 valence electrons. The van der Waals surface area contributed by atoms with Crippen molar-refractivity contribution < 1.29 is 0 Å².